The highest BCUT2D eigenvalue weighted by molar-refractivity contribution is 7.11. The molecule has 2 aromatic rings. The van der Waals surface area contributed by atoms with Crippen LogP contribution >= 0.6 is 11.3 Å². The van der Waals surface area contributed by atoms with Crippen molar-refractivity contribution in [2.75, 3.05) is 6.54 Å². The smallest absolute Gasteiger partial charge is 0.133 e. The highest BCUT2D eigenvalue weighted by Crippen LogP contribution is 2.17. The van der Waals surface area contributed by atoms with Crippen LogP contribution in [0.25, 0.3) is 0 Å². The zero-order valence-corrected chi connectivity index (χ0v) is 10.8. The van der Waals surface area contributed by atoms with Crippen molar-refractivity contribution in [3.8, 4) is 0 Å². The third-order valence-electron chi connectivity index (χ3n) is 2.49. The summed E-state index contributed by atoms with van der Waals surface area (Å²) in [7, 11) is 0. The maximum Gasteiger partial charge on any atom is 0.133 e. The molecule has 0 spiro atoms. The Morgan fingerprint density at radius 1 is 1.53 bits per heavy atom. The van der Waals surface area contributed by atoms with Gasteiger partial charge >= 0.3 is 0 Å². The number of furan rings is 1. The van der Waals surface area contributed by atoms with Gasteiger partial charge in [0.25, 0.3) is 0 Å². The Morgan fingerprint density at radius 2 is 2.35 bits per heavy atom. The third-order valence-corrected chi connectivity index (χ3v) is 3.57. The lowest BCUT2D eigenvalue weighted by atomic mass is 10.2. The molecule has 92 valence electrons. The maximum atomic E-state index is 9.79. The van der Waals surface area contributed by atoms with Gasteiger partial charge in [-0.25, -0.2) is 4.98 Å². The van der Waals surface area contributed by atoms with Gasteiger partial charge in [-0.3, -0.25) is 0 Å². The van der Waals surface area contributed by atoms with E-state index in [1.807, 2.05) is 13.8 Å². The zero-order valence-electron chi connectivity index (χ0n) is 9.93. The normalized spacial score (nSPS) is 12.9. The molecule has 1 unspecified atom stereocenters. The van der Waals surface area contributed by atoms with E-state index in [9.17, 15) is 5.11 Å². The third kappa shape index (κ3) is 3.15. The molecule has 0 saturated heterocycles. The van der Waals surface area contributed by atoms with Crippen LogP contribution in [0.1, 0.15) is 27.4 Å². The number of aliphatic hydroxyl groups is 1. The van der Waals surface area contributed by atoms with Gasteiger partial charge in [0, 0.05) is 18.0 Å². The Kier molecular flexibility index (Phi) is 3.93. The fraction of sp³-hybridized carbons (Fsp3) is 0.417. The molecule has 0 radical (unpaired) electrons. The number of rotatable bonds is 5. The second kappa shape index (κ2) is 5.44. The molecule has 0 aliphatic heterocycles. The van der Waals surface area contributed by atoms with Crippen molar-refractivity contribution in [3.05, 3.63) is 39.7 Å². The average Bonchev–Trinajstić information content (AvgIpc) is 2.89. The summed E-state index contributed by atoms with van der Waals surface area (Å²) in [5.74, 6) is 0.592. The van der Waals surface area contributed by atoms with Crippen LogP contribution in [0.4, 0.5) is 0 Å². The Balaban J connectivity index is 1.82. The van der Waals surface area contributed by atoms with Crippen LogP contribution in [0, 0.1) is 13.8 Å². The summed E-state index contributed by atoms with van der Waals surface area (Å²) in [6.45, 7) is 5.21. The van der Waals surface area contributed by atoms with E-state index in [2.05, 4.69) is 10.3 Å². The Morgan fingerprint density at radius 3 is 2.94 bits per heavy atom. The zero-order chi connectivity index (χ0) is 12.3. The first-order valence-electron chi connectivity index (χ1n) is 5.52. The van der Waals surface area contributed by atoms with E-state index in [4.69, 9.17) is 4.42 Å². The van der Waals surface area contributed by atoms with Gasteiger partial charge in [-0.15, -0.1) is 11.3 Å². The van der Waals surface area contributed by atoms with E-state index in [1.165, 1.54) is 4.88 Å². The van der Waals surface area contributed by atoms with Gasteiger partial charge in [0.15, 0.2) is 0 Å². The molecule has 0 aliphatic rings. The number of nitrogens with zero attached hydrogens (tertiary/aromatic N) is 1. The van der Waals surface area contributed by atoms with E-state index in [1.54, 1.807) is 29.7 Å². The van der Waals surface area contributed by atoms with Gasteiger partial charge in [0.1, 0.15) is 11.9 Å². The van der Waals surface area contributed by atoms with E-state index >= 15 is 0 Å². The molecular weight excluding hydrogens is 236 g/mol. The van der Waals surface area contributed by atoms with E-state index in [0.29, 0.717) is 12.3 Å². The number of aryl methyl sites for hydroxylation is 2. The molecule has 2 heterocycles. The van der Waals surface area contributed by atoms with Crippen LogP contribution in [-0.2, 0) is 6.54 Å². The highest BCUT2D eigenvalue weighted by atomic mass is 32.1. The Hall–Kier alpha value is -1.17. The molecule has 17 heavy (non-hydrogen) atoms. The fourth-order valence-corrected chi connectivity index (χ4v) is 2.55. The number of hydrogen-bond acceptors (Lipinski definition) is 5. The fourth-order valence-electron chi connectivity index (χ4n) is 1.64. The summed E-state index contributed by atoms with van der Waals surface area (Å²) in [6, 6.07) is 3.55. The second-order valence-corrected chi connectivity index (χ2v) is 5.19. The summed E-state index contributed by atoms with van der Waals surface area (Å²) in [6.07, 6.45) is 0.967. The average molecular weight is 252 g/mol. The lowest BCUT2D eigenvalue weighted by Gasteiger charge is -2.08. The predicted molar refractivity (Wildman–Crippen MR) is 67.0 cm³/mol. The minimum absolute atomic E-state index is 0.476. The quantitative estimate of drug-likeness (QED) is 0.856. The van der Waals surface area contributed by atoms with E-state index in [0.717, 1.165) is 17.2 Å². The van der Waals surface area contributed by atoms with Crippen LogP contribution in [0.15, 0.2) is 22.8 Å². The van der Waals surface area contributed by atoms with Gasteiger partial charge in [0.05, 0.1) is 17.0 Å². The van der Waals surface area contributed by atoms with Gasteiger partial charge in [-0.05, 0) is 26.0 Å². The summed E-state index contributed by atoms with van der Waals surface area (Å²) in [5.41, 5.74) is 1.06. The number of thiazole rings is 1. The van der Waals surface area contributed by atoms with Crippen LogP contribution in [0.3, 0.4) is 0 Å². The summed E-state index contributed by atoms with van der Waals surface area (Å²) < 4.78 is 5.13. The van der Waals surface area contributed by atoms with Crippen LogP contribution in [0.5, 0.6) is 0 Å². The van der Waals surface area contributed by atoms with Gasteiger partial charge in [-0.2, -0.15) is 0 Å². The molecule has 0 fully saturated rings. The van der Waals surface area contributed by atoms with Gasteiger partial charge in [0.2, 0.25) is 0 Å². The molecule has 2 aromatic heterocycles. The van der Waals surface area contributed by atoms with Crippen molar-refractivity contribution in [3.63, 3.8) is 0 Å². The molecule has 0 saturated carbocycles. The highest BCUT2D eigenvalue weighted by Gasteiger charge is 2.10. The molecule has 2 N–H and O–H groups in total. The lowest BCUT2D eigenvalue weighted by molar-refractivity contribution is 0.147. The van der Waals surface area contributed by atoms with Crippen molar-refractivity contribution in [2.24, 2.45) is 0 Å². The maximum absolute atomic E-state index is 9.79. The minimum atomic E-state index is -0.598. The first kappa shape index (κ1) is 12.3. The molecule has 0 bridgehead atoms. The van der Waals surface area contributed by atoms with E-state index in [-0.39, 0.29) is 0 Å². The minimum Gasteiger partial charge on any atom is -0.467 e. The number of nitrogens with one attached hydrogen (secondary N) is 1. The molecule has 5 heteroatoms. The van der Waals surface area contributed by atoms with Crippen molar-refractivity contribution < 1.29 is 9.52 Å². The van der Waals surface area contributed by atoms with Crippen molar-refractivity contribution in [1.29, 1.82) is 0 Å². The number of aromatic nitrogens is 1. The molecule has 1 atom stereocenters. The first-order valence-corrected chi connectivity index (χ1v) is 6.33. The SMILES string of the molecule is Cc1nc(C)c(CNCC(O)c2ccco2)s1. The first-order chi connectivity index (χ1) is 8.16. The second-order valence-electron chi connectivity index (χ2n) is 3.90. The molecule has 2 rings (SSSR count). The molecule has 0 amide bonds. The summed E-state index contributed by atoms with van der Waals surface area (Å²) in [4.78, 5) is 5.57. The van der Waals surface area contributed by atoms with Gasteiger partial charge in [-0.1, -0.05) is 0 Å². The van der Waals surface area contributed by atoms with Crippen molar-refractivity contribution >= 4 is 11.3 Å². The monoisotopic (exact) mass is 252 g/mol. The molecule has 4 nitrogen and oxygen atoms in total. The number of aliphatic hydroxyl groups excluding tert-OH is 1. The van der Waals surface area contributed by atoms with E-state index < -0.39 is 6.10 Å². The number of hydrogen-bond donors (Lipinski definition) is 2. The molecular formula is C12H16N2O2S. The predicted octanol–water partition coefficient (Wildman–Crippen LogP) is 2.18. The van der Waals surface area contributed by atoms with Crippen LogP contribution in [0.2, 0.25) is 0 Å². The molecule has 0 aliphatic carbocycles. The van der Waals surface area contributed by atoms with Crippen molar-refractivity contribution in [2.45, 2.75) is 26.5 Å². The van der Waals surface area contributed by atoms with Crippen molar-refractivity contribution in [1.82, 2.24) is 10.3 Å². The summed E-state index contributed by atoms with van der Waals surface area (Å²) in [5, 5.41) is 14.1. The topological polar surface area (TPSA) is 58.3 Å². The van der Waals surface area contributed by atoms with Crippen LogP contribution < -0.4 is 5.32 Å². The standard InChI is InChI=1S/C12H16N2O2S/c1-8-12(17-9(2)14-8)7-13-6-10(15)11-4-3-5-16-11/h3-5,10,13,15H,6-7H2,1-2H3. The largest absolute Gasteiger partial charge is 0.467 e. The van der Waals surface area contributed by atoms with Crippen LogP contribution in [-0.4, -0.2) is 16.6 Å². The summed E-state index contributed by atoms with van der Waals surface area (Å²) >= 11 is 1.68. The lowest BCUT2D eigenvalue weighted by Crippen LogP contribution is -2.20. The Labute approximate surface area is 104 Å². The Bertz CT molecular complexity index is 465. The molecule has 0 aromatic carbocycles. The van der Waals surface area contributed by atoms with Gasteiger partial charge < -0.3 is 14.8 Å².